The number of aryl methyl sites for hydroxylation is 2. The normalized spacial score (nSPS) is 11.6. The molecule has 0 aliphatic rings. The number of nitrogens with zero attached hydrogens (tertiary/aromatic N) is 2. The van der Waals surface area contributed by atoms with E-state index < -0.39 is 0 Å². The lowest BCUT2D eigenvalue weighted by atomic mass is 10.2. The summed E-state index contributed by atoms with van der Waals surface area (Å²) in [5.74, 6) is 1.96. The third-order valence-corrected chi connectivity index (χ3v) is 3.49. The average molecular weight is 273 g/mol. The fraction of sp³-hybridized carbons (Fsp3) is 0.588. The first-order chi connectivity index (χ1) is 9.72. The summed E-state index contributed by atoms with van der Waals surface area (Å²) in [6.07, 6.45) is 3.36. The number of para-hydroxylation sites is 2. The lowest BCUT2D eigenvalue weighted by molar-refractivity contribution is 0.536. The Morgan fingerprint density at radius 1 is 1.25 bits per heavy atom. The second-order valence-corrected chi connectivity index (χ2v) is 5.87. The van der Waals surface area contributed by atoms with Gasteiger partial charge in [-0.2, -0.15) is 0 Å². The van der Waals surface area contributed by atoms with Gasteiger partial charge >= 0.3 is 0 Å². The van der Waals surface area contributed by atoms with E-state index in [1.807, 2.05) is 0 Å². The zero-order valence-electron chi connectivity index (χ0n) is 13.0. The van der Waals surface area contributed by atoms with E-state index in [-0.39, 0.29) is 0 Å². The largest absolute Gasteiger partial charge is 0.328 e. The van der Waals surface area contributed by atoms with E-state index in [4.69, 9.17) is 4.98 Å². The molecule has 2 rings (SSSR count). The summed E-state index contributed by atoms with van der Waals surface area (Å²) >= 11 is 0. The molecule has 0 unspecified atom stereocenters. The minimum absolute atomic E-state index is 0.722. The van der Waals surface area contributed by atoms with Crippen molar-refractivity contribution in [2.45, 2.75) is 46.6 Å². The molecule has 0 fully saturated rings. The predicted molar refractivity (Wildman–Crippen MR) is 86.1 cm³/mol. The van der Waals surface area contributed by atoms with Gasteiger partial charge in [0.2, 0.25) is 0 Å². The van der Waals surface area contributed by atoms with E-state index in [2.05, 4.69) is 54.9 Å². The molecule has 0 saturated carbocycles. The Hall–Kier alpha value is -1.35. The maximum absolute atomic E-state index is 4.80. The van der Waals surface area contributed by atoms with Crippen LogP contribution in [0, 0.1) is 5.92 Å². The highest BCUT2D eigenvalue weighted by Crippen LogP contribution is 2.17. The molecule has 0 bridgehead atoms. The number of hydrogen-bond acceptors (Lipinski definition) is 2. The van der Waals surface area contributed by atoms with Crippen LogP contribution in [-0.4, -0.2) is 22.6 Å². The van der Waals surface area contributed by atoms with E-state index in [0.29, 0.717) is 0 Å². The maximum Gasteiger partial charge on any atom is 0.109 e. The number of imidazole rings is 1. The summed E-state index contributed by atoms with van der Waals surface area (Å²) in [6.45, 7) is 9.96. The van der Waals surface area contributed by atoms with E-state index in [1.165, 1.54) is 11.3 Å². The monoisotopic (exact) mass is 273 g/mol. The molecule has 1 aromatic carbocycles. The number of benzene rings is 1. The molecule has 2 aromatic rings. The second-order valence-electron chi connectivity index (χ2n) is 5.87. The van der Waals surface area contributed by atoms with Crippen molar-refractivity contribution in [3.05, 3.63) is 30.1 Å². The van der Waals surface area contributed by atoms with Crippen molar-refractivity contribution in [3.8, 4) is 0 Å². The van der Waals surface area contributed by atoms with Crippen LogP contribution in [0.15, 0.2) is 24.3 Å². The van der Waals surface area contributed by atoms with Crippen molar-refractivity contribution in [2.75, 3.05) is 13.1 Å². The molecule has 110 valence electrons. The van der Waals surface area contributed by atoms with E-state index >= 15 is 0 Å². The standard InChI is InChI=1S/C17H27N3/c1-4-12-20-16-9-6-5-8-15(16)19-17(20)10-7-11-18-13-14(2)3/h5-6,8-9,14,18H,4,7,10-13H2,1-3H3. The van der Waals surface area contributed by atoms with Gasteiger partial charge in [0.1, 0.15) is 5.82 Å². The van der Waals surface area contributed by atoms with Crippen LogP contribution < -0.4 is 5.32 Å². The highest BCUT2D eigenvalue weighted by atomic mass is 15.1. The fourth-order valence-electron chi connectivity index (χ4n) is 2.55. The Balaban J connectivity index is 1.99. The molecule has 0 saturated heterocycles. The Bertz CT molecular complexity index is 528. The van der Waals surface area contributed by atoms with Gasteiger partial charge in [-0.25, -0.2) is 4.98 Å². The molecule has 0 aliphatic carbocycles. The van der Waals surface area contributed by atoms with E-state index in [1.54, 1.807) is 0 Å². The smallest absolute Gasteiger partial charge is 0.109 e. The molecule has 0 aliphatic heterocycles. The summed E-state index contributed by atoms with van der Waals surface area (Å²) < 4.78 is 2.39. The minimum Gasteiger partial charge on any atom is -0.328 e. The van der Waals surface area contributed by atoms with Crippen LogP contribution in [0.2, 0.25) is 0 Å². The number of aromatic nitrogens is 2. The molecular formula is C17H27N3. The highest BCUT2D eigenvalue weighted by Gasteiger charge is 2.09. The number of fused-ring (bicyclic) bond motifs is 1. The maximum atomic E-state index is 4.80. The SMILES string of the molecule is CCCn1c(CCCNCC(C)C)nc2ccccc21. The van der Waals surface area contributed by atoms with Crippen molar-refractivity contribution >= 4 is 11.0 Å². The second kappa shape index (κ2) is 7.44. The van der Waals surface area contributed by atoms with Crippen molar-refractivity contribution in [3.63, 3.8) is 0 Å². The van der Waals surface area contributed by atoms with Gasteiger partial charge in [0.25, 0.3) is 0 Å². The zero-order chi connectivity index (χ0) is 14.4. The van der Waals surface area contributed by atoms with E-state index in [0.717, 1.165) is 50.3 Å². The Morgan fingerprint density at radius 2 is 2.05 bits per heavy atom. The first-order valence-corrected chi connectivity index (χ1v) is 7.87. The van der Waals surface area contributed by atoms with Gasteiger partial charge in [0.05, 0.1) is 11.0 Å². The summed E-state index contributed by atoms with van der Waals surface area (Å²) in [5, 5.41) is 3.50. The Labute approximate surface area is 122 Å². The molecule has 3 heteroatoms. The number of rotatable bonds is 8. The van der Waals surface area contributed by atoms with Crippen molar-refractivity contribution in [1.29, 1.82) is 0 Å². The molecule has 1 aromatic heterocycles. The van der Waals surface area contributed by atoms with Crippen LogP contribution in [0.5, 0.6) is 0 Å². The highest BCUT2D eigenvalue weighted by molar-refractivity contribution is 5.75. The van der Waals surface area contributed by atoms with Gasteiger partial charge in [-0.1, -0.05) is 32.9 Å². The molecule has 0 amide bonds. The Kier molecular flexibility index (Phi) is 5.60. The molecule has 1 N–H and O–H groups in total. The van der Waals surface area contributed by atoms with Gasteiger partial charge in [-0.3, -0.25) is 0 Å². The van der Waals surface area contributed by atoms with Crippen LogP contribution in [0.25, 0.3) is 11.0 Å². The fourth-order valence-corrected chi connectivity index (χ4v) is 2.55. The van der Waals surface area contributed by atoms with Gasteiger partial charge in [-0.15, -0.1) is 0 Å². The minimum atomic E-state index is 0.722. The quantitative estimate of drug-likeness (QED) is 0.744. The van der Waals surface area contributed by atoms with Gasteiger partial charge in [-0.05, 0) is 44.0 Å². The molecule has 20 heavy (non-hydrogen) atoms. The summed E-state index contributed by atoms with van der Waals surface area (Å²) in [6, 6.07) is 8.46. The predicted octanol–water partition coefficient (Wildman–Crippen LogP) is 3.62. The van der Waals surface area contributed by atoms with E-state index in [9.17, 15) is 0 Å². The zero-order valence-corrected chi connectivity index (χ0v) is 13.0. The lowest BCUT2D eigenvalue weighted by Gasteiger charge is -2.09. The molecule has 3 nitrogen and oxygen atoms in total. The molecule has 0 atom stereocenters. The summed E-state index contributed by atoms with van der Waals surface area (Å²) in [5.41, 5.74) is 2.41. The van der Waals surface area contributed by atoms with Gasteiger partial charge < -0.3 is 9.88 Å². The summed E-state index contributed by atoms with van der Waals surface area (Å²) in [7, 11) is 0. The molecule has 0 radical (unpaired) electrons. The first kappa shape index (κ1) is 15.0. The van der Waals surface area contributed by atoms with Crippen molar-refractivity contribution < 1.29 is 0 Å². The van der Waals surface area contributed by atoms with Crippen LogP contribution in [0.3, 0.4) is 0 Å². The third kappa shape index (κ3) is 3.83. The van der Waals surface area contributed by atoms with Gasteiger partial charge in [0.15, 0.2) is 0 Å². The van der Waals surface area contributed by atoms with Crippen molar-refractivity contribution in [2.24, 2.45) is 5.92 Å². The molecule has 0 spiro atoms. The van der Waals surface area contributed by atoms with Crippen LogP contribution in [0.4, 0.5) is 0 Å². The first-order valence-electron chi connectivity index (χ1n) is 7.87. The lowest BCUT2D eigenvalue weighted by Crippen LogP contribution is -2.21. The van der Waals surface area contributed by atoms with Crippen LogP contribution in [-0.2, 0) is 13.0 Å². The number of hydrogen-bond donors (Lipinski definition) is 1. The number of nitrogens with one attached hydrogen (secondary N) is 1. The van der Waals surface area contributed by atoms with Crippen molar-refractivity contribution in [1.82, 2.24) is 14.9 Å². The van der Waals surface area contributed by atoms with Crippen LogP contribution >= 0.6 is 0 Å². The topological polar surface area (TPSA) is 29.9 Å². The molecular weight excluding hydrogens is 246 g/mol. The third-order valence-electron chi connectivity index (χ3n) is 3.49. The van der Waals surface area contributed by atoms with Crippen LogP contribution in [0.1, 0.15) is 39.4 Å². The Morgan fingerprint density at radius 3 is 2.80 bits per heavy atom. The summed E-state index contributed by atoms with van der Waals surface area (Å²) in [4.78, 5) is 4.80. The van der Waals surface area contributed by atoms with Gasteiger partial charge in [0, 0.05) is 13.0 Å². The average Bonchev–Trinajstić information content (AvgIpc) is 2.77. The molecule has 1 heterocycles.